The van der Waals surface area contributed by atoms with Crippen LogP contribution in [-0.4, -0.2) is 56.0 Å². The Morgan fingerprint density at radius 3 is 2.41 bits per heavy atom. The van der Waals surface area contributed by atoms with Crippen LogP contribution in [0.1, 0.15) is 40.1 Å². The SMILES string of the molecule is O=C(Nc1ncnc2c1ncn2[C@H]1C[C@H](OP(=S)([S-])OCC2c3ccccc3-c3ccccc32)[C@@H](CO)O1)c1ccccc1. The summed E-state index contributed by atoms with van der Waals surface area (Å²) in [5, 5.41) is 12.9. The highest BCUT2D eigenvalue weighted by Gasteiger charge is 2.39. The highest BCUT2D eigenvalue weighted by Crippen LogP contribution is 2.53. The monoisotopic (exact) mass is 644 g/mol. The van der Waals surface area contributed by atoms with Gasteiger partial charge in [0.25, 0.3) is 5.91 Å². The van der Waals surface area contributed by atoms with E-state index in [-0.39, 0.29) is 30.9 Å². The maximum atomic E-state index is 12.7. The van der Waals surface area contributed by atoms with Gasteiger partial charge < -0.3 is 36.5 Å². The molecule has 2 N–H and O–H groups in total. The molecule has 7 rings (SSSR count). The maximum Gasteiger partial charge on any atom is 0.256 e. The van der Waals surface area contributed by atoms with Crippen LogP contribution in [0.5, 0.6) is 0 Å². The first-order chi connectivity index (χ1) is 21.4. The summed E-state index contributed by atoms with van der Waals surface area (Å²) in [6.07, 6.45) is 1.39. The molecule has 1 fully saturated rings. The molecule has 1 amide bonds. The van der Waals surface area contributed by atoms with Crippen LogP contribution in [0.25, 0.3) is 22.3 Å². The van der Waals surface area contributed by atoms with Gasteiger partial charge in [-0.1, -0.05) is 78.5 Å². The molecule has 0 saturated carbocycles. The molecule has 224 valence electrons. The van der Waals surface area contributed by atoms with Gasteiger partial charge in [0.1, 0.15) is 18.7 Å². The predicted molar refractivity (Wildman–Crippen MR) is 172 cm³/mol. The largest absolute Gasteiger partial charge is 0.691 e. The number of aliphatic hydroxyl groups is 1. The number of hydrogen-bond acceptors (Lipinski definition) is 10. The van der Waals surface area contributed by atoms with E-state index in [9.17, 15) is 9.90 Å². The molecule has 2 aliphatic rings. The first-order valence-electron chi connectivity index (χ1n) is 14.0. The zero-order valence-corrected chi connectivity index (χ0v) is 25.8. The number of imidazole rings is 1. The predicted octanol–water partition coefficient (Wildman–Crippen LogP) is 5.34. The Hall–Kier alpha value is -3.48. The molecular formula is C31H27N5O5PS2-. The van der Waals surface area contributed by atoms with Crippen LogP contribution in [0.3, 0.4) is 0 Å². The van der Waals surface area contributed by atoms with Crippen molar-refractivity contribution in [3.05, 3.63) is 108 Å². The molecule has 5 aromatic rings. The van der Waals surface area contributed by atoms with Crippen LogP contribution < -0.4 is 5.32 Å². The second-order valence-corrected chi connectivity index (χ2v) is 15.5. The molecule has 0 spiro atoms. The fourth-order valence-corrected chi connectivity index (χ4v) is 7.85. The lowest BCUT2D eigenvalue weighted by Crippen LogP contribution is -2.27. The number of aromatic nitrogens is 4. The highest BCUT2D eigenvalue weighted by molar-refractivity contribution is 8.51. The van der Waals surface area contributed by atoms with Gasteiger partial charge in [-0.2, -0.15) is 0 Å². The third kappa shape index (κ3) is 5.59. The number of amides is 1. The molecule has 4 atom stereocenters. The van der Waals surface area contributed by atoms with E-state index in [1.807, 2.05) is 30.3 Å². The van der Waals surface area contributed by atoms with Crippen LogP contribution in [-0.2, 0) is 37.8 Å². The Bertz CT molecular complexity index is 1840. The van der Waals surface area contributed by atoms with Crippen molar-refractivity contribution in [2.24, 2.45) is 0 Å². The lowest BCUT2D eigenvalue weighted by Gasteiger charge is -2.33. The third-order valence-corrected chi connectivity index (χ3v) is 10.1. The lowest BCUT2D eigenvalue weighted by atomic mass is 9.98. The number of nitrogens with one attached hydrogen (secondary N) is 1. The topological polar surface area (TPSA) is 121 Å². The first kappa shape index (κ1) is 29.2. The van der Waals surface area contributed by atoms with E-state index in [1.165, 1.54) is 28.6 Å². The van der Waals surface area contributed by atoms with E-state index < -0.39 is 24.1 Å². The number of ether oxygens (including phenoxy) is 1. The van der Waals surface area contributed by atoms with E-state index in [2.05, 4.69) is 44.5 Å². The number of anilines is 1. The summed E-state index contributed by atoms with van der Waals surface area (Å²) in [5.74, 6) is -0.0467. The highest BCUT2D eigenvalue weighted by atomic mass is 32.9. The number of nitrogens with zero attached hydrogens (tertiary/aromatic N) is 4. The second-order valence-electron chi connectivity index (χ2n) is 10.5. The summed E-state index contributed by atoms with van der Waals surface area (Å²) < 4.78 is 20.3. The van der Waals surface area contributed by atoms with Gasteiger partial charge in [0.15, 0.2) is 17.0 Å². The summed E-state index contributed by atoms with van der Waals surface area (Å²) in [6, 6.07) is 25.4. The van der Waals surface area contributed by atoms with Gasteiger partial charge in [0.2, 0.25) is 0 Å². The molecule has 1 aliphatic carbocycles. The molecule has 44 heavy (non-hydrogen) atoms. The van der Waals surface area contributed by atoms with Gasteiger partial charge in [-0.05, 0) is 34.4 Å². The third-order valence-electron chi connectivity index (χ3n) is 7.92. The van der Waals surface area contributed by atoms with Crippen molar-refractivity contribution in [2.75, 3.05) is 18.5 Å². The van der Waals surface area contributed by atoms with E-state index in [0.29, 0.717) is 23.1 Å². The summed E-state index contributed by atoms with van der Waals surface area (Å²) in [7, 11) is 0. The lowest BCUT2D eigenvalue weighted by molar-refractivity contribution is -0.0391. The average molecular weight is 645 g/mol. The molecular weight excluding hydrogens is 617 g/mol. The molecule has 1 aliphatic heterocycles. The van der Waals surface area contributed by atoms with Crippen molar-refractivity contribution in [1.82, 2.24) is 19.5 Å². The number of aliphatic hydroxyl groups excluding tert-OH is 1. The van der Waals surface area contributed by atoms with Gasteiger partial charge in [-0.15, -0.1) is 0 Å². The Kier molecular flexibility index (Phi) is 8.06. The zero-order chi connectivity index (χ0) is 30.3. The first-order valence-corrected chi connectivity index (χ1v) is 17.7. The minimum absolute atomic E-state index is 0.00827. The standard InChI is InChI=1S/C31H28N5O5PS2/c37-15-26-25(41-42(43,44)39-16-24-22-12-6-4-10-20(22)21-11-5-7-13-23(21)24)14-27(40-26)36-18-34-28-29(32-17-33-30(28)36)35-31(38)19-8-2-1-3-9-19/h1-13,17-18,24-27,37H,14-16H2,(H,43,44)(H,32,33,35,38)/p-1/t25-,26+,27+/m0/s1. The molecule has 13 heteroatoms. The van der Waals surface area contributed by atoms with E-state index in [1.54, 1.807) is 35.2 Å². The zero-order valence-electron chi connectivity index (χ0n) is 23.2. The number of fused-ring (bicyclic) bond motifs is 4. The van der Waals surface area contributed by atoms with Gasteiger partial charge in [0.05, 0.1) is 31.3 Å². The van der Waals surface area contributed by atoms with Gasteiger partial charge in [0, 0.05) is 17.9 Å². The number of carbonyl (C=O) groups excluding carboxylic acids is 1. The molecule has 3 heterocycles. The molecule has 10 nitrogen and oxygen atoms in total. The van der Waals surface area contributed by atoms with Gasteiger partial charge >= 0.3 is 0 Å². The second kappa shape index (κ2) is 12.1. The Morgan fingerprint density at radius 2 is 1.70 bits per heavy atom. The van der Waals surface area contributed by atoms with Crippen LogP contribution in [0.15, 0.2) is 91.5 Å². The molecule has 0 radical (unpaired) electrons. The van der Waals surface area contributed by atoms with Crippen molar-refractivity contribution >= 4 is 52.6 Å². The molecule has 3 aromatic carbocycles. The van der Waals surface area contributed by atoms with Crippen LogP contribution in [0.4, 0.5) is 5.82 Å². The Labute approximate surface area is 263 Å². The van der Waals surface area contributed by atoms with Crippen molar-refractivity contribution in [2.45, 2.75) is 30.8 Å². The van der Waals surface area contributed by atoms with Crippen molar-refractivity contribution in [3.63, 3.8) is 0 Å². The van der Waals surface area contributed by atoms with Crippen molar-refractivity contribution < 1.29 is 23.7 Å². The summed E-state index contributed by atoms with van der Waals surface area (Å²) in [5.41, 5.74) is 2.91. The van der Waals surface area contributed by atoms with Gasteiger partial charge in [-0.3, -0.25) is 9.36 Å². The van der Waals surface area contributed by atoms with E-state index in [0.717, 1.165) is 0 Å². The molecule has 1 unspecified atom stereocenters. The van der Waals surface area contributed by atoms with E-state index >= 15 is 0 Å². The molecule has 2 aromatic heterocycles. The minimum atomic E-state index is -3.15. The minimum Gasteiger partial charge on any atom is -0.691 e. The fraction of sp³-hybridized carbons (Fsp3) is 0.226. The van der Waals surface area contributed by atoms with Crippen molar-refractivity contribution in [1.29, 1.82) is 0 Å². The summed E-state index contributed by atoms with van der Waals surface area (Å²) in [6.45, 7) is -0.00857. The number of hydrogen-bond donors (Lipinski definition) is 2. The Balaban J connectivity index is 1.05. The smallest absolute Gasteiger partial charge is 0.256 e. The number of carbonyl (C=O) groups is 1. The van der Waals surface area contributed by atoms with E-state index in [4.69, 9.17) is 37.8 Å². The van der Waals surface area contributed by atoms with Crippen LogP contribution in [0.2, 0.25) is 0 Å². The van der Waals surface area contributed by atoms with Crippen molar-refractivity contribution in [3.8, 4) is 11.1 Å². The number of rotatable bonds is 9. The molecule has 0 bridgehead atoms. The normalized spacial score (nSPS) is 20.7. The van der Waals surface area contributed by atoms with Crippen LogP contribution in [0, 0.1) is 0 Å². The average Bonchev–Trinajstić information content (AvgIpc) is 3.74. The Morgan fingerprint density at radius 1 is 1.02 bits per heavy atom. The summed E-state index contributed by atoms with van der Waals surface area (Å²) >= 11 is 11.4. The fourth-order valence-electron chi connectivity index (χ4n) is 5.87. The van der Waals surface area contributed by atoms with Gasteiger partial charge in [-0.25, -0.2) is 15.0 Å². The quantitative estimate of drug-likeness (QED) is 0.161. The van der Waals surface area contributed by atoms with Crippen LogP contribution >= 0.6 is 5.69 Å². The summed E-state index contributed by atoms with van der Waals surface area (Å²) in [4.78, 5) is 25.8. The maximum absolute atomic E-state index is 12.7. The number of benzene rings is 3. The molecule has 1 saturated heterocycles.